The van der Waals surface area contributed by atoms with Crippen molar-refractivity contribution in [2.75, 3.05) is 5.32 Å². The quantitative estimate of drug-likeness (QED) is 0.717. The first kappa shape index (κ1) is 11.2. The van der Waals surface area contributed by atoms with Crippen LogP contribution in [0.4, 0.5) is 5.69 Å². The summed E-state index contributed by atoms with van der Waals surface area (Å²) in [6, 6.07) is 7.60. The number of nitrogens with two attached hydrogens (primary N) is 1. The number of carbonyl (C=O) groups excluding carboxylic acids is 1. The van der Waals surface area contributed by atoms with Crippen LogP contribution in [0, 0.1) is 0 Å². The van der Waals surface area contributed by atoms with Gasteiger partial charge in [0.15, 0.2) is 0 Å². The number of rotatable bonds is 5. The Morgan fingerprint density at radius 2 is 2.24 bits per heavy atom. The standard InChI is InChI=1S/C12H14N4O/c13-11(17)7-9-3-1-2-4-10(9)16-8-12-14-5-6-15-12/h1-6,16H,7-8H2,(H2,13,17)(H,14,15). The van der Waals surface area contributed by atoms with Crippen molar-refractivity contribution in [3.63, 3.8) is 0 Å². The fraction of sp³-hybridized carbons (Fsp3) is 0.167. The monoisotopic (exact) mass is 230 g/mol. The molecule has 0 spiro atoms. The second-order valence-corrected chi connectivity index (χ2v) is 3.69. The molecule has 0 aliphatic heterocycles. The lowest BCUT2D eigenvalue weighted by Gasteiger charge is -2.09. The van der Waals surface area contributed by atoms with Crippen LogP contribution in [-0.2, 0) is 17.8 Å². The Kier molecular flexibility index (Phi) is 3.40. The fourth-order valence-corrected chi connectivity index (χ4v) is 1.61. The first-order valence-corrected chi connectivity index (χ1v) is 5.34. The number of hydrogen-bond acceptors (Lipinski definition) is 3. The van der Waals surface area contributed by atoms with Crippen LogP contribution in [0.5, 0.6) is 0 Å². The average Bonchev–Trinajstić information content (AvgIpc) is 2.80. The van der Waals surface area contributed by atoms with Crippen LogP contribution in [0.3, 0.4) is 0 Å². The molecule has 0 aliphatic rings. The molecule has 5 nitrogen and oxygen atoms in total. The van der Waals surface area contributed by atoms with E-state index in [1.165, 1.54) is 0 Å². The summed E-state index contributed by atoms with van der Waals surface area (Å²) in [5.41, 5.74) is 7.00. The number of H-pyrrole nitrogens is 1. The molecule has 0 saturated heterocycles. The fourth-order valence-electron chi connectivity index (χ4n) is 1.61. The van der Waals surface area contributed by atoms with E-state index >= 15 is 0 Å². The molecule has 0 radical (unpaired) electrons. The minimum absolute atomic E-state index is 0.237. The minimum atomic E-state index is -0.336. The van der Waals surface area contributed by atoms with Gasteiger partial charge in [-0.25, -0.2) is 4.98 Å². The van der Waals surface area contributed by atoms with Crippen molar-refractivity contribution in [3.05, 3.63) is 48.0 Å². The number of aromatic nitrogens is 2. The predicted molar refractivity (Wildman–Crippen MR) is 65.3 cm³/mol. The second-order valence-electron chi connectivity index (χ2n) is 3.69. The second kappa shape index (κ2) is 5.16. The number of para-hydroxylation sites is 1. The Balaban J connectivity index is 2.06. The number of hydrogen-bond donors (Lipinski definition) is 3. The minimum Gasteiger partial charge on any atom is -0.378 e. The van der Waals surface area contributed by atoms with E-state index in [9.17, 15) is 4.79 Å². The van der Waals surface area contributed by atoms with E-state index in [-0.39, 0.29) is 12.3 Å². The number of primary amides is 1. The summed E-state index contributed by atoms with van der Waals surface area (Å²) < 4.78 is 0. The van der Waals surface area contributed by atoms with E-state index in [0.29, 0.717) is 6.54 Å². The lowest BCUT2D eigenvalue weighted by atomic mass is 10.1. The summed E-state index contributed by atoms with van der Waals surface area (Å²) in [5.74, 6) is 0.510. The number of benzene rings is 1. The van der Waals surface area contributed by atoms with E-state index in [0.717, 1.165) is 17.1 Å². The molecule has 4 N–H and O–H groups in total. The summed E-state index contributed by atoms with van der Waals surface area (Å²) in [5, 5.41) is 3.22. The molecule has 0 aliphatic carbocycles. The number of imidazole rings is 1. The lowest BCUT2D eigenvalue weighted by Crippen LogP contribution is -2.15. The number of nitrogens with zero attached hydrogens (tertiary/aromatic N) is 1. The Hall–Kier alpha value is -2.30. The van der Waals surface area contributed by atoms with E-state index in [1.807, 2.05) is 24.3 Å². The van der Waals surface area contributed by atoms with Crippen LogP contribution in [0.1, 0.15) is 11.4 Å². The van der Waals surface area contributed by atoms with Gasteiger partial charge in [-0.2, -0.15) is 0 Å². The summed E-state index contributed by atoms with van der Waals surface area (Å²) in [6.45, 7) is 0.586. The highest BCUT2D eigenvalue weighted by atomic mass is 16.1. The van der Waals surface area contributed by atoms with Crippen molar-refractivity contribution in [3.8, 4) is 0 Å². The Morgan fingerprint density at radius 1 is 1.41 bits per heavy atom. The summed E-state index contributed by atoms with van der Waals surface area (Å²) in [6.07, 6.45) is 3.71. The zero-order valence-corrected chi connectivity index (χ0v) is 9.31. The topological polar surface area (TPSA) is 83.8 Å². The third-order valence-corrected chi connectivity index (χ3v) is 2.38. The van der Waals surface area contributed by atoms with Crippen LogP contribution in [0.15, 0.2) is 36.7 Å². The van der Waals surface area contributed by atoms with Crippen LogP contribution in [-0.4, -0.2) is 15.9 Å². The number of amides is 1. The van der Waals surface area contributed by atoms with Crippen molar-refractivity contribution in [2.45, 2.75) is 13.0 Å². The third-order valence-electron chi connectivity index (χ3n) is 2.38. The van der Waals surface area contributed by atoms with E-state index < -0.39 is 0 Å². The molecule has 0 fully saturated rings. The molecule has 1 aromatic carbocycles. The van der Waals surface area contributed by atoms with Gasteiger partial charge >= 0.3 is 0 Å². The van der Waals surface area contributed by atoms with Gasteiger partial charge in [0.05, 0.1) is 13.0 Å². The first-order valence-electron chi connectivity index (χ1n) is 5.34. The SMILES string of the molecule is NC(=O)Cc1ccccc1NCc1ncc[nH]1. The van der Waals surface area contributed by atoms with Gasteiger partial charge in [-0.15, -0.1) is 0 Å². The molecule has 88 valence electrons. The predicted octanol–water partition coefficient (Wildman–Crippen LogP) is 1.05. The molecule has 0 atom stereocenters. The van der Waals surface area contributed by atoms with Gasteiger partial charge in [0.2, 0.25) is 5.91 Å². The normalized spacial score (nSPS) is 10.1. The maximum atomic E-state index is 10.9. The maximum Gasteiger partial charge on any atom is 0.221 e. The molecule has 1 amide bonds. The van der Waals surface area contributed by atoms with Crippen molar-refractivity contribution >= 4 is 11.6 Å². The van der Waals surface area contributed by atoms with E-state index in [2.05, 4.69) is 15.3 Å². The molecule has 2 aromatic rings. The highest BCUT2D eigenvalue weighted by Gasteiger charge is 2.04. The molecular weight excluding hydrogens is 216 g/mol. The molecule has 0 unspecified atom stereocenters. The third kappa shape index (κ3) is 3.07. The van der Waals surface area contributed by atoms with Crippen LogP contribution < -0.4 is 11.1 Å². The lowest BCUT2D eigenvalue weighted by molar-refractivity contribution is -0.117. The van der Waals surface area contributed by atoms with Gasteiger partial charge in [0.1, 0.15) is 5.82 Å². The number of anilines is 1. The summed E-state index contributed by atoms with van der Waals surface area (Å²) in [7, 11) is 0. The zero-order valence-electron chi connectivity index (χ0n) is 9.31. The largest absolute Gasteiger partial charge is 0.378 e. The van der Waals surface area contributed by atoms with Crippen molar-refractivity contribution in [2.24, 2.45) is 5.73 Å². The molecule has 0 saturated carbocycles. The van der Waals surface area contributed by atoms with Gasteiger partial charge in [0, 0.05) is 18.1 Å². The smallest absolute Gasteiger partial charge is 0.221 e. The number of nitrogens with one attached hydrogen (secondary N) is 2. The van der Waals surface area contributed by atoms with Gasteiger partial charge in [-0.05, 0) is 11.6 Å². The zero-order chi connectivity index (χ0) is 12.1. The Labute approximate surface area is 99.1 Å². The average molecular weight is 230 g/mol. The number of aromatic amines is 1. The highest BCUT2D eigenvalue weighted by Crippen LogP contribution is 2.15. The van der Waals surface area contributed by atoms with Gasteiger partial charge in [-0.1, -0.05) is 18.2 Å². The maximum absolute atomic E-state index is 10.9. The summed E-state index contributed by atoms with van der Waals surface area (Å²) >= 11 is 0. The molecular formula is C12H14N4O. The summed E-state index contributed by atoms with van der Waals surface area (Å²) in [4.78, 5) is 18.0. The highest BCUT2D eigenvalue weighted by molar-refractivity contribution is 5.78. The van der Waals surface area contributed by atoms with Crippen LogP contribution >= 0.6 is 0 Å². The van der Waals surface area contributed by atoms with Crippen molar-refractivity contribution < 1.29 is 4.79 Å². The molecule has 1 heterocycles. The van der Waals surface area contributed by atoms with Gasteiger partial charge < -0.3 is 16.0 Å². The molecule has 5 heteroatoms. The van der Waals surface area contributed by atoms with Crippen molar-refractivity contribution in [1.29, 1.82) is 0 Å². The van der Waals surface area contributed by atoms with E-state index in [4.69, 9.17) is 5.73 Å². The van der Waals surface area contributed by atoms with E-state index in [1.54, 1.807) is 12.4 Å². The van der Waals surface area contributed by atoms with Crippen LogP contribution in [0.2, 0.25) is 0 Å². The molecule has 0 bridgehead atoms. The Bertz CT molecular complexity index is 493. The van der Waals surface area contributed by atoms with Crippen LogP contribution in [0.25, 0.3) is 0 Å². The van der Waals surface area contributed by atoms with Gasteiger partial charge in [-0.3, -0.25) is 4.79 Å². The molecule has 1 aromatic heterocycles. The molecule has 17 heavy (non-hydrogen) atoms. The van der Waals surface area contributed by atoms with Crippen molar-refractivity contribution in [1.82, 2.24) is 9.97 Å². The Morgan fingerprint density at radius 3 is 2.94 bits per heavy atom. The first-order chi connectivity index (χ1) is 8.25. The molecule has 2 rings (SSSR count). The number of carbonyl (C=O) groups is 1. The van der Waals surface area contributed by atoms with Gasteiger partial charge in [0.25, 0.3) is 0 Å².